The molecule has 2 aromatic carbocycles. The van der Waals surface area contributed by atoms with Crippen LogP contribution in [-0.2, 0) is 6.54 Å². The topological polar surface area (TPSA) is 48.1 Å². The van der Waals surface area contributed by atoms with Gasteiger partial charge in [0.1, 0.15) is 0 Å². The first-order chi connectivity index (χ1) is 11.0. The van der Waals surface area contributed by atoms with Crippen LogP contribution >= 0.6 is 0 Å². The quantitative estimate of drug-likeness (QED) is 0.232. The Hall–Kier alpha value is -2.10. The molecule has 1 heterocycles. The molecule has 0 aliphatic rings. The van der Waals surface area contributed by atoms with Crippen molar-refractivity contribution >= 4 is 30.6 Å². The molecule has 0 aliphatic carbocycles. The molecule has 0 saturated heterocycles. The minimum atomic E-state index is -0.0712. The van der Waals surface area contributed by atoms with Crippen LogP contribution in [0.1, 0.15) is 25.0 Å². The van der Waals surface area contributed by atoms with Gasteiger partial charge in [0.25, 0.3) is 0 Å². The zero-order valence-electron chi connectivity index (χ0n) is 13.1. The third kappa shape index (κ3) is 3.46. The molecule has 0 amide bonds. The van der Waals surface area contributed by atoms with Gasteiger partial charge >= 0.3 is 141 Å². The van der Waals surface area contributed by atoms with E-state index in [-0.39, 0.29) is 26.3 Å². The second-order valence-corrected chi connectivity index (χ2v) is 7.98. The van der Waals surface area contributed by atoms with Gasteiger partial charge in [0.15, 0.2) is 0 Å². The molecule has 1 aromatic heterocycles. The van der Waals surface area contributed by atoms with Crippen LogP contribution in [0.25, 0.3) is 9.65 Å². The fourth-order valence-corrected chi connectivity index (χ4v) is 4.44. The van der Waals surface area contributed by atoms with Crippen molar-refractivity contribution in [3.8, 4) is 0 Å². The number of fused-ring (bicyclic) bond motifs is 1. The van der Waals surface area contributed by atoms with E-state index in [2.05, 4.69) is 0 Å². The molecular weight excluding hydrogens is 355 g/mol. The molecular formula is C18H18N2O2Se. The predicted molar refractivity (Wildman–Crippen MR) is 94.6 cm³/mol. The zero-order valence-corrected chi connectivity index (χ0v) is 14.8. The number of benzene rings is 2. The molecule has 5 heteroatoms. The second kappa shape index (κ2) is 6.57. The summed E-state index contributed by atoms with van der Waals surface area (Å²) < 4.78 is 4.00. The van der Waals surface area contributed by atoms with E-state index in [1.807, 2.05) is 65.9 Å². The average molecular weight is 373 g/mol. The van der Waals surface area contributed by atoms with Gasteiger partial charge in [-0.25, -0.2) is 0 Å². The molecule has 0 spiro atoms. The van der Waals surface area contributed by atoms with Crippen LogP contribution in [0, 0.1) is 5.21 Å². The monoisotopic (exact) mass is 374 g/mol. The molecule has 0 radical (unpaired) electrons. The Balaban J connectivity index is 1.84. The van der Waals surface area contributed by atoms with Crippen molar-refractivity contribution in [2.45, 2.75) is 26.4 Å². The van der Waals surface area contributed by atoms with Crippen LogP contribution in [-0.4, -0.2) is 35.3 Å². The van der Waals surface area contributed by atoms with E-state index in [9.17, 15) is 10.0 Å². The second-order valence-electron chi connectivity index (χ2n) is 5.75. The number of nitrogens with zero attached hydrogens (tertiary/aromatic N) is 2. The zero-order chi connectivity index (χ0) is 16.4. The van der Waals surface area contributed by atoms with Crippen molar-refractivity contribution in [1.82, 2.24) is 3.56 Å². The van der Waals surface area contributed by atoms with Crippen LogP contribution in [0.2, 0.25) is 0 Å². The first-order valence-corrected chi connectivity index (χ1v) is 9.15. The molecule has 0 atom stereocenters. The van der Waals surface area contributed by atoms with E-state index >= 15 is 0 Å². The Kier molecular flexibility index (Phi) is 4.51. The summed E-state index contributed by atoms with van der Waals surface area (Å²) in [6.45, 7) is 4.33. The Morgan fingerprint density at radius 3 is 2.52 bits per heavy atom. The van der Waals surface area contributed by atoms with Crippen LogP contribution in [0.4, 0.5) is 0 Å². The number of hydroxylamine groups is 1. The van der Waals surface area contributed by atoms with E-state index in [1.54, 1.807) is 6.21 Å². The summed E-state index contributed by atoms with van der Waals surface area (Å²) in [5, 5.41) is 12.5. The molecule has 0 aliphatic heterocycles. The third-order valence-electron chi connectivity index (χ3n) is 3.64. The van der Waals surface area contributed by atoms with E-state index in [0.29, 0.717) is 6.54 Å². The maximum absolute atomic E-state index is 12.4. The third-order valence-corrected chi connectivity index (χ3v) is 5.88. The van der Waals surface area contributed by atoms with Gasteiger partial charge in [0.05, 0.1) is 0 Å². The summed E-state index contributed by atoms with van der Waals surface area (Å²) in [6.07, 6.45) is 1.59. The van der Waals surface area contributed by atoms with Crippen molar-refractivity contribution in [3.63, 3.8) is 0 Å². The summed E-state index contributed by atoms with van der Waals surface area (Å²) in [5.74, 6) is 0. The molecule has 23 heavy (non-hydrogen) atoms. The standard InChI is InChI=1S/C18H18N2O2Se/c1-13(2)19(22)11-14-7-9-15(10-8-14)12-20-18(21)16-5-3-4-6-17(16)23-20/h3-11,13H,12H2,1-2H3. The molecule has 3 rings (SSSR count). The fourth-order valence-electron chi connectivity index (χ4n) is 2.29. The van der Waals surface area contributed by atoms with Gasteiger partial charge < -0.3 is 0 Å². The average Bonchev–Trinajstić information content (AvgIpc) is 2.86. The first kappa shape index (κ1) is 15.8. The van der Waals surface area contributed by atoms with Gasteiger partial charge in [-0.1, -0.05) is 0 Å². The Bertz CT molecular complexity index is 905. The summed E-state index contributed by atoms with van der Waals surface area (Å²) in [4.78, 5) is 12.4. The van der Waals surface area contributed by atoms with Gasteiger partial charge in [-0.15, -0.1) is 0 Å². The first-order valence-electron chi connectivity index (χ1n) is 7.53. The Labute approximate surface area is 140 Å². The summed E-state index contributed by atoms with van der Waals surface area (Å²) in [5.41, 5.74) is 2.06. The molecule has 3 aromatic rings. The molecule has 4 nitrogen and oxygen atoms in total. The van der Waals surface area contributed by atoms with Crippen molar-refractivity contribution in [2.75, 3.05) is 0 Å². The van der Waals surface area contributed by atoms with Crippen LogP contribution < -0.4 is 5.56 Å². The summed E-state index contributed by atoms with van der Waals surface area (Å²) in [6, 6.07) is 15.5. The summed E-state index contributed by atoms with van der Waals surface area (Å²) >= 11 is 0.0436. The molecule has 118 valence electrons. The van der Waals surface area contributed by atoms with Crippen molar-refractivity contribution in [1.29, 1.82) is 0 Å². The Morgan fingerprint density at radius 2 is 1.87 bits per heavy atom. The van der Waals surface area contributed by atoms with Crippen LogP contribution in [0.15, 0.2) is 53.3 Å². The van der Waals surface area contributed by atoms with E-state index in [1.165, 1.54) is 0 Å². The van der Waals surface area contributed by atoms with E-state index < -0.39 is 0 Å². The molecule has 0 N–H and O–H groups in total. The number of hydrogen-bond donors (Lipinski definition) is 0. The van der Waals surface area contributed by atoms with Gasteiger partial charge in [-0.3, -0.25) is 0 Å². The van der Waals surface area contributed by atoms with Gasteiger partial charge in [-0.05, 0) is 0 Å². The molecule has 0 unspecified atom stereocenters. The molecule has 0 saturated carbocycles. The number of aromatic nitrogens is 1. The van der Waals surface area contributed by atoms with Crippen LogP contribution in [0.5, 0.6) is 0 Å². The van der Waals surface area contributed by atoms with Gasteiger partial charge in [-0.2, -0.15) is 0 Å². The number of hydrogen-bond acceptors (Lipinski definition) is 2. The number of rotatable bonds is 4. The Morgan fingerprint density at radius 1 is 1.17 bits per heavy atom. The molecule has 0 fully saturated rings. The van der Waals surface area contributed by atoms with Gasteiger partial charge in [0.2, 0.25) is 0 Å². The SMILES string of the molecule is CC(C)[N+]([O-])=Cc1ccc(Cn2[se]c3ccccc3c2=O)cc1. The molecule has 0 bridgehead atoms. The predicted octanol–water partition coefficient (Wildman–Crippen LogP) is 2.44. The minimum absolute atomic E-state index is 0.0436. The van der Waals surface area contributed by atoms with Crippen molar-refractivity contribution in [3.05, 3.63) is 75.2 Å². The van der Waals surface area contributed by atoms with Gasteiger partial charge in [0, 0.05) is 0 Å². The van der Waals surface area contributed by atoms with E-state index in [0.717, 1.165) is 25.5 Å². The maximum atomic E-state index is 12.4. The van der Waals surface area contributed by atoms with Crippen molar-refractivity contribution in [2.24, 2.45) is 0 Å². The van der Waals surface area contributed by atoms with Crippen LogP contribution in [0.3, 0.4) is 0 Å². The fraction of sp³-hybridized carbons (Fsp3) is 0.222. The summed E-state index contributed by atoms with van der Waals surface area (Å²) in [7, 11) is 0. The normalized spacial score (nSPS) is 12.2. The van der Waals surface area contributed by atoms with E-state index in [4.69, 9.17) is 0 Å². The van der Waals surface area contributed by atoms with Crippen molar-refractivity contribution < 1.29 is 4.74 Å².